The molecule has 0 N–H and O–H groups in total. The first-order valence-electron chi connectivity index (χ1n) is 4.52. The van der Waals surface area contributed by atoms with E-state index in [1.54, 1.807) is 6.92 Å². The van der Waals surface area contributed by atoms with Gasteiger partial charge in [-0.05, 0) is 26.7 Å². The first-order valence-corrected chi connectivity index (χ1v) is 5.80. The van der Waals surface area contributed by atoms with Crippen LogP contribution in [0.5, 0.6) is 0 Å². The lowest BCUT2D eigenvalue weighted by molar-refractivity contribution is -0.116. The van der Waals surface area contributed by atoms with E-state index in [1.165, 1.54) is 19.8 Å². The third kappa shape index (κ3) is 2.16. The van der Waals surface area contributed by atoms with E-state index in [1.807, 2.05) is 0 Å². The van der Waals surface area contributed by atoms with Crippen LogP contribution in [-0.2, 0) is 15.6 Å². The SMILES string of the molecule is CC(=O)C(C)S(=O)C1CCCC1. The lowest BCUT2D eigenvalue weighted by Crippen LogP contribution is -2.27. The average Bonchev–Trinajstić information content (AvgIpc) is 2.53. The molecular formula is C9H16O2S. The Kier molecular flexibility index (Phi) is 3.44. The van der Waals surface area contributed by atoms with Gasteiger partial charge in [-0.2, -0.15) is 0 Å². The molecule has 70 valence electrons. The summed E-state index contributed by atoms with van der Waals surface area (Å²) in [6.07, 6.45) is 4.45. The molecule has 12 heavy (non-hydrogen) atoms. The Hall–Kier alpha value is -0.180. The lowest BCUT2D eigenvalue weighted by Gasteiger charge is -2.13. The molecule has 0 aromatic heterocycles. The average molecular weight is 188 g/mol. The fraction of sp³-hybridized carbons (Fsp3) is 0.889. The van der Waals surface area contributed by atoms with Gasteiger partial charge in [-0.1, -0.05) is 12.8 Å². The van der Waals surface area contributed by atoms with Gasteiger partial charge in [0, 0.05) is 16.0 Å². The Balaban J connectivity index is 2.51. The minimum atomic E-state index is -0.920. The topological polar surface area (TPSA) is 34.1 Å². The van der Waals surface area contributed by atoms with Gasteiger partial charge in [0.15, 0.2) is 0 Å². The van der Waals surface area contributed by atoms with Crippen molar-refractivity contribution in [1.29, 1.82) is 0 Å². The summed E-state index contributed by atoms with van der Waals surface area (Å²) in [6, 6.07) is 0. The van der Waals surface area contributed by atoms with E-state index < -0.39 is 10.8 Å². The van der Waals surface area contributed by atoms with Gasteiger partial charge in [-0.25, -0.2) is 0 Å². The fourth-order valence-electron chi connectivity index (χ4n) is 1.57. The number of hydrogen-bond donors (Lipinski definition) is 0. The maximum atomic E-state index is 11.7. The molecule has 3 heteroatoms. The summed E-state index contributed by atoms with van der Waals surface area (Å²) < 4.78 is 11.7. The van der Waals surface area contributed by atoms with Crippen LogP contribution in [0, 0.1) is 0 Å². The quantitative estimate of drug-likeness (QED) is 0.675. The second kappa shape index (κ2) is 4.17. The highest BCUT2D eigenvalue weighted by Crippen LogP contribution is 2.24. The van der Waals surface area contributed by atoms with Gasteiger partial charge in [0.25, 0.3) is 0 Å². The molecule has 1 fully saturated rings. The molecule has 1 rings (SSSR count). The molecule has 2 atom stereocenters. The second-order valence-corrected chi connectivity index (χ2v) is 5.52. The molecular weight excluding hydrogens is 172 g/mol. The van der Waals surface area contributed by atoms with E-state index in [0.717, 1.165) is 12.8 Å². The van der Waals surface area contributed by atoms with Crippen LogP contribution in [0.1, 0.15) is 39.5 Å². The van der Waals surface area contributed by atoms with Crippen LogP contribution in [0.3, 0.4) is 0 Å². The lowest BCUT2D eigenvalue weighted by atomic mass is 10.3. The Bertz CT molecular complexity index is 195. The molecule has 2 unspecified atom stereocenters. The first kappa shape index (κ1) is 9.90. The van der Waals surface area contributed by atoms with Crippen molar-refractivity contribution in [2.75, 3.05) is 0 Å². The van der Waals surface area contributed by atoms with Crippen LogP contribution in [0.2, 0.25) is 0 Å². The van der Waals surface area contributed by atoms with E-state index in [0.29, 0.717) is 5.25 Å². The molecule has 0 radical (unpaired) electrons. The third-order valence-electron chi connectivity index (χ3n) is 2.55. The molecule has 0 amide bonds. The normalized spacial score (nSPS) is 23.8. The van der Waals surface area contributed by atoms with Crippen molar-refractivity contribution in [2.24, 2.45) is 0 Å². The highest BCUT2D eigenvalue weighted by atomic mass is 32.2. The van der Waals surface area contributed by atoms with E-state index in [4.69, 9.17) is 0 Å². The smallest absolute Gasteiger partial charge is 0.145 e. The monoisotopic (exact) mass is 188 g/mol. The predicted octanol–water partition coefficient (Wildman–Crippen LogP) is 1.66. The van der Waals surface area contributed by atoms with Crippen molar-refractivity contribution in [3.8, 4) is 0 Å². The number of hydrogen-bond acceptors (Lipinski definition) is 2. The van der Waals surface area contributed by atoms with Crippen molar-refractivity contribution in [2.45, 2.75) is 50.0 Å². The summed E-state index contributed by atoms with van der Waals surface area (Å²) in [5.41, 5.74) is 0. The van der Waals surface area contributed by atoms with Crippen LogP contribution in [0.25, 0.3) is 0 Å². The van der Waals surface area contributed by atoms with Gasteiger partial charge in [-0.15, -0.1) is 0 Å². The molecule has 1 aliphatic carbocycles. The molecule has 0 heterocycles. The Morgan fingerprint density at radius 1 is 1.42 bits per heavy atom. The van der Waals surface area contributed by atoms with Crippen LogP contribution >= 0.6 is 0 Å². The Morgan fingerprint density at radius 2 is 1.92 bits per heavy atom. The summed E-state index contributed by atoms with van der Waals surface area (Å²) in [5, 5.41) is 0.0389. The van der Waals surface area contributed by atoms with Crippen LogP contribution in [0.15, 0.2) is 0 Å². The zero-order valence-electron chi connectivity index (χ0n) is 7.71. The predicted molar refractivity (Wildman–Crippen MR) is 50.5 cm³/mol. The number of rotatable bonds is 3. The van der Waals surface area contributed by atoms with Crippen molar-refractivity contribution in [1.82, 2.24) is 0 Å². The molecule has 0 aromatic rings. The molecule has 1 saturated carbocycles. The van der Waals surface area contributed by atoms with Crippen LogP contribution < -0.4 is 0 Å². The summed E-state index contributed by atoms with van der Waals surface area (Å²) in [5.74, 6) is 0.0558. The zero-order chi connectivity index (χ0) is 9.14. The van der Waals surface area contributed by atoms with Gasteiger partial charge in [0.2, 0.25) is 0 Å². The highest BCUT2D eigenvalue weighted by molar-refractivity contribution is 7.87. The Labute approximate surface area is 76.2 Å². The molecule has 2 nitrogen and oxygen atoms in total. The standard InChI is InChI=1S/C9H16O2S/c1-7(10)8(2)12(11)9-5-3-4-6-9/h8-9H,3-6H2,1-2H3. The first-order chi connectivity index (χ1) is 5.63. The van der Waals surface area contributed by atoms with E-state index >= 15 is 0 Å². The summed E-state index contributed by atoms with van der Waals surface area (Å²) >= 11 is 0. The second-order valence-electron chi connectivity index (χ2n) is 3.49. The van der Waals surface area contributed by atoms with Gasteiger partial charge in [0.05, 0.1) is 5.25 Å². The number of Topliss-reactive ketones (excluding diaryl/α,β-unsaturated/α-hetero) is 1. The van der Waals surface area contributed by atoms with E-state index in [-0.39, 0.29) is 11.0 Å². The molecule has 0 aromatic carbocycles. The Morgan fingerprint density at radius 3 is 2.33 bits per heavy atom. The fourth-order valence-corrected chi connectivity index (χ4v) is 3.28. The number of carbonyl (C=O) groups is 1. The molecule has 0 spiro atoms. The van der Waals surface area contributed by atoms with Crippen molar-refractivity contribution < 1.29 is 9.00 Å². The van der Waals surface area contributed by atoms with Gasteiger partial charge in [-0.3, -0.25) is 9.00 Å². The van der Waals surface area contributed by atoms with Crippen molar-refractivity contribution in [3.05, 3.63) is 0 Å². The maximum Gasteiger partial charge on any atom is 0.145 e. The zero-order valence-corrected chi connectivity index (χ0v) is 8.52. The van der Waals surface area contributed by atoms with Gasteiger partial charge >= 0.3 is 0 Å². The maximum absolute atomic E-state index is 11.7. The minimum Gasteiger partial charge on any atom is -0.299 e. The van der Waals surface area contributed by atoms with Crippen LogP contribution in [-0.4, -0.2) is 20.5 Å². The summed E-state index contributed by atoms with van der Waals surface area (Å²) in [4.78, 5) is 10.9. The summed E-state index contributed by atoms with van der Waals surface area (Å²) in [6.45, 7) is 3.30. The van der Waals surface area contributed by atoms with E-state index in [9.17, 15) is 9.00 Å². The molecule has 0 bridgehead atoms. The largest absolute Gasteiger partial charge is 0.299 e. The van der Waals surface area contributed by atoms with Crippen LogP contribution in [0.4, 0.5) is 0 Å². The molecule has 1 aliphatic rings. The third-order valence-corrected chi connectivity index (χ3v) is 4.71. The van der Waals surface area contributed by atoms with Gasteiger partial charge < -0.3 is 0 Å². The number of ketones is 1. The molecule has 0 saturated heterocycles. The van der Waals surface area contributed by atoms with Gasteiger partial charge in [0.1, 0.15) is 5.78 Å². The summed E-state index contributed by atoms with van der Waals surface area (Å²) in [7, 11) is -0.920. The minimum absolute atomic E-state index is 0.0558. The highest BCUT2D eigenvalue weighted by Gasteiger charge is 2.27. The molecule has 0 aliphatic heterocycles. The van der Waals surface area contributed by atoms with E-state index in [2.05, 4.69) is 0 Å². The van der Waals surface area contributed by atoms with Crippen molar-refractivity contribution in [3.63, 3.8) is 0 Å². The number of carbonyl (C=O) groups excluding carboxylic acids is 1. The van der Waals surface area contributed by atoms with Crippen molar-refractivity contribution >= 4 is 16.6 Å².